The second-order valence-corrected chi connectivity index (χ2v) is 11.6. The van der Waals surface area contributed by atoms with Gasteiger partial charge in [0.05, 0.1) is 12.0 Å². The number of ketones is 1. The van der Waals surface area contributed by atoms with Crippen LogP contribution in [0.3, 0.4) is 0 Å². The fourth-order valence-corrected chi connectivity index (χ4v) is 7.48. The van der Waals surface area contributed by atoms with Gasteiger partial charge in [0.1, 0.15) is 6.10 Å². The Morgan fingerprint density at radius 3 is 2.72 bits per heavy atom. The van der Waals surface area contributed by atoms with E-state index in [0.29, 0.717) is 11.5 Å². The van der Waals surface area contributed by atoms with Crippen LogP contribution in [0.5, 0.6) is 5.88 Å². The Kier molecular flexibility index (Phi) is 4.86. The van der Waals surface area contributed by atoms with Crippen molar-refractivity contribution >= 4 is 21.7 Å². The van der Waals surface area contributed by atoms with Crippen molar-refractivity contribution in [3.63, 3.8) is 0 Å². The van der Waals surface area contributed by atoms with Crippen LogP contribution in [0.2, 0.25) is 0 Å². The Morgan fingerprint density at radius 2 is 2.06 bits per heavy atom. The highest BCUT2D eigenvalue weighted by molar-refractivity contribution is 9.10. The van der Waals surface area contributed by atoms with E-state index in [1.165, 1.54) is 0 Å². The van der Waals surface area contributed by atoms with Gasteiger partial charge in [0.15, 0.2) is 17.5 Å². The molecule has 0 aliphatic heterocycles. The monoisotopic (exact) mass is 503 g/mol. The summed E-state index contributed by atoms with van der Waals surface area (Å²) in [4.78, 5) is 18.5. The van der Waals surface area contributed by atoms with E-state index in [2.05, 4.69) is 34.8 Å². The Balaban J connectivity index is 1.69. The molecule has 5 rings (SSSR count). The molecule has 2 saturated carbocycles. The third-order valence-electron chi connectivity index (χ3n) is 8.83. The number of aliphatic hydroxyl groups excluding tert-OH is 2. The lowest BCUT2D eigenvalue weighted by Crippen LogP contribution is -2.66. The molecule has 0 saturated heterocycles. The van der Waals surface area contributed by atoms with Gasteiger partial charge in [-0.1, -0.05) is 48.9 Å². The number of allylic oxidation sites excluding steroid dienone is 1. The van der Waals surface area contributed by atoms with Gasteiger partial charge in [0.2, 0.25) is 5.88 Å². The second-order valence-electron chi connectivity index (χ2n) is 10.7. The number of aromatic nitrogens is 1. The highest BCUT2D eigenvalue weighted by atomic mass is 79.9. The first kappa shape index (κ1) is 22.3. The van der Waals surface area contributed by atoms with Crippen LogP contribution in [0.1, 0.15) is 34.1 Å². The summed E-state index contributed by atoms with van der Waals surface area (Å²) in [6.45, 7) is 7.75. The zero-order valence-corrected chi connectivity index (χ0v) is 20.3. The third kappa shape index (κ3) is 2.62. The van der Waals surface area contributed by atoms with Crippen LogP contribution >= 0.6 is 15.9 Å². The van der Waals surface area contributed by atoms with Gasteiger partial charge < -0.3 is 20.1 Å². The number of fused-ring (bicyclic) bond motifs is 3. The quantitative estimate of drug-likeness (QED) is 0.548. The summed E-state index contributed by atoms with van der Waals surface area (Å²) < 4.78 is 6.95. The minimum Gasteiger partial charge on any atom is -0.467 e. The molecule has 2 bridgehead atoms. The number of ether oxygens (including phenoxy) is 1. The van der Waals surface area contributed by atoms with Crippen molar-refractivity contribution < 1.29 is 24.9 Å². The average molecular weight is 504 g/mol. The molecule has 0 aromatic carbocycles. The van der Waals surface area contributed by atoms with Crippen molar-refractivity contribution in [1.29, 1.82) is 0 Å². The molecule has 2 unspecified atom stereocenters. The molecule has 0 radical (unpaired) electrons. The Labute approximate surface area is 196 Å². The number of nitrogens with zero attached hydrogens (tertiary/aromatic N) is 1. The van der Waals surface area contributed by atoms with E-state index >= 15 is 0 Å². The summed E-state index contributed by atoms with van der Waals surface area (Å²) in [6, 6.07) is 3.45. The van der Waals surface area contributed by atoms with Gasteiger partial charge in [0.25, 0.3) is 0 Å². The largest absolute Gasteiger partial charge is 0.467 e. The normalized spacial score (nSPS) is 43.9. The maximum atomic E-state index is 14.3. The van der Waals surface area contributed by atoms with Gasteiger partial charge in [-0.25, -0.2) is 4.98 Å². The van der Waals surface area contributed by atoms with E-state index in [-0.39, 0.29) is 34.5 Å². The standard InChI is InChI=1S/C25H30BrNO5/c1-12-10-24-13(2)7-17-19(23(17,3)4)16(21(24)30)8-14(11-28)20(29)25(24,31)22(12)32-18-9-15(26)5-6-27-18/h5-6,8-10,13,16-17,19-20,22,28-29,31H,7,11H2,1-4H3/t13-,16+,17?,19?,20-,22+,24+,25+/m1/s1. The first-order valence-corrected chi connectivity index (χ1v) is 12.0. The summed E-state index contributed by atoms with van der Waals surface area (Å²) in [5.41, 5.74) is -2.30. The van der Waals surface area contributed by atoms with Crippen LogP contribution in [-0.2, 0) is 4.79 Å². The summed E-state index contributed by atoms with van der Waals surface area (Å²) in [5, 5.41) is 34.0. The number of aliphatic hydroxyl groups is 3. The Hall–Kier alpha value is -1.54. The second kappa shape index (κ2) is 6.98. The maximum Gasteiger partial charge on any atom is 0.215 e. The molecule has 6 nitrogen and oxygen atoms in total. The number of hydrogen-bond donors (Lipinski definition) is 3. The molecular formula is C25H30BrNO5. The average Bonchev–Trinajstić information content (AvgIpc) is 3.22. The van der Waals surface area contributed by atoms with E-state index in [0.717, 1.165) is 10.9 Å². The fraction of sp³-hybridized carbons (Fsp3) is 0.600. The third-order valence-corrected chi connectivity index (χ3v) is 9.33. The zero-order chi connectivity index (χ0) is 23.2. The molecule has 1 aromatic heterocycles. The predicted molar refractivity (Wildman–Crippen MR) is 122 cm³/mol. The van der Waals surface area contributed by atoms with Gasteiger partial charge in [-0.3, -0.25) is 4.79 Å². The van der Waals surface area contributed by atoms with Gasteiger partial charge >= 0.3 is 0 Å². The number of pyridine rings is 1. The molecule has 3 N–H and O–H groups in total. The van der Waals surface area contributed by atoms with Gasteiger partial charge in [0, 0.05) is 22.7 Å². The Morgan fingerprint density at radius 1 is 1.34 bits per heavy atom. The van der Waals surface area contributed by atoms with Crippen molar-refractivity contribution in [2.24, 2.45) is 34.5 Å². The summed E-state index contributed by atoms with van der Waals surface area (Å²) >= 11 is 3.40. The van der Waals surface area contributed by atoms with Gasteiger partial charge in [-0.2, -0.15) is 0 Å². The SMILES string of the molecule is CC1=C[C@]23C(=O)[C@@H](C=C(CO)[C@@H](O)[C@]2(O)[C@H]1Oc1cc(Br)ccn1)C1C(C[C@H]3C)C1(C)C. The van der Waals surface area contributed by atoms with E-state index in [1.54, 1.807) is 24.4 Å². The van der Waals surface area contributed by atoms with Gasteiger partial charge in [-0.15, -0.1) is 0 Å². The molecule has 2 fully saturated rings. The van der Waals surface area contributed by atoms with Crippen LogP contribution in [0, 0.1) is 34.5 Å². The van der Waals surface area contributed by atoms with Crippen molar-refractivity contribution in [2.75, 3.05) is 6.61 Å². The Bertz CT molecular complexity index is 1050. The molecule has 4 aliphatic rings. The predicted octanol–water partition coefficient (Wildman–Crippen LogP) is 3.06. The van der Waals surface area contributed by atoms with Crippen LogP contribution in [0.15, 0.2) is 46.1 Å². The number of carbonyl (C=O) groups is 1. The molecular weight excluding hydrogens is 474 g/mol. The molecule has 7 heteroatoms. The van der Waals surface area contributed by atoms with Crippen LogP contribution in [-0.4, -0.2) is 50.5 Å². The summed E-state index contributed by atoms with van der Waals surface area (Å²) in [5.74, 6) is 0.00999. The molecule has 8 atom stereocenters. The zero-order valence-electron chi connectivity index (χ0n) is 18.7. The van der Waals surface area contributed by atoms with Crippen LogP contribution in [0.4, 0.5) is 0 Å². The highest BCUT2D eigenvalue weighted by Gasteiger charge is 2.76. The number of halogens is 1. The van der Waals surface area contributed by atoms with Crippen molar-refractivity contribution in [3.8, 4) is 5.88 Å². The van der Waals surface area contributed by atoms with Crippen molar-refractivity contribution in [2.45, 2.75) is 51.9 Å². The topological polar surface area (TPSA) is 99.9 Å². The summed E-state index contributed by atoms with van der Waals surface area (Å²) in [7, 11) is 0. The smallest absolute Gasteiger partial charge is 0.215 e. The number of carbonyl (C=O) groups excluding carboxylic acids is 1. The first-order chi connectivity index (χ1) is 15.0. The number of hydrogen-bond acceptors (Lipinski definition) is 6. The molecule has 1 aromatic rings. The maximum absolute atomic E-state index is 14.3. The lowest BCUT2D eigenvalue weighted by Gasteiger charge is -2.48. The summed E-state index contributed by atoms with van der Waals surface area (Å²) in [6.07, 6.45) is 3.50. The number of Topliss-reactive ketones (excluding diaryl/α,β-unsaturated/α-hetero) is 1. The van der Waals surface area contributed by atoms with Crippen LogP contribution in [0.25, 0.3) is 0 Å². The van der Waals surface area contributed by atoms with Crippen molar-refractivity contribution in [3.05, 3.63) is 46.1 Å². The van der Waals surface area contributed by atoms with E-state index in [9.17, 15) is 20.1 Å². The van der Waals surface area contributed by atoms with E-state index < -0.39 is 35.7 Å². The lowest BCUT2D eigenvalue weighted by molar-refractivity contribution is -0.186. The minimum atomic E-state index is -1.96. The molecule has 1 spiro atoms. The van der Waals surface area contributed by atoms with Crippen LogP contribution < -0.4 is 4.74 Å². The first-order valence-electron chi connectivity index (χ1n) is 11.2. The highest BCUT2D eigenvalue weighted by Crippen LogP contribution is 2.71. The molecule has 172 valence electrons. The molecule has 1 heterocycles. The lowest BCUT2D eigenvalue weighted by atomic mass is 9.59. The molecule has 32 heavy (non-hydrogen) atoms. The molecule has 0 amide bonds. The number of rotatable bonds is 3. The fourth-order valence-electron chi connectivity index (χ4n) is 7.16. The van der Waals surface area contributed by atoms with E-state index in [4.69, 9.17) is 4.74 Å². The van der Waals surface area contributed by atoms with Gasteiger partial charge in [-0.05, 0) is 53.7 Å². The van der Waals surface area contributed by atoms with E-state index in [1.807, 2.05) is 19.9 Å². The minimum absolute atomic E-state index is 0.00811. The van der Waals surface area contributed by atoms with Crippen molar-refractivity contribution in [1.82, 2.24) is 4.98 Å². The molecule has 4 aliphatic carbocycles.